The van der Waals surface area contributed by atoms with E-state index in [2.05, 4.69) is 10.0 Å². The van der Waals surface area contributed by atoms with Crippen LogP contribution in [-0.4, -0.2) is 62.9 Å². The van der Waals surface area contributed by atoms with Gasteiger partial charge in [0.05, 0.1) is 24.0 Å². The third kappa shape index (κ3) is 6.74. The van der Waals surface area contributed by atoms with Crippen molar-refractivity contribution in [3.8, 4) is 5.75 Å². The van der Waals surface area contributed by atoms with Crippen molar-refractivity contribution in [3.63, 3.8) is 0 Å². The molecule has 158 valence electrons. The Labute approximate surface area is 171 Å². The third-order valence-corrected chi connectivity index (χ3v) is 4.92. The minimum absolute atomic E-state index is 0.00556. The van der Waals surface area contributed by atoms with E-state index in [1.54, 1.807) is 14.1 Å². The second-order valence-corrected chi connectivity index (χ2v) is 8.77. The van der Waals surface area contributed by atoms with Gasteiger partial charge in [0.2, 0.25) is 15.9 Å². The van der Waals surface area contributed by atoms with Gasteiger partial charge in [-0.3, -0.25) is 9.52 Å². The molecule has 0 aliphatic carbocycles. The van der Waals surface area contributed by atoms with Crippen molar-refractivity contribution in [3.05, 3.63) is 59.7 Å². The molecular weight excluding hydrogens is 394 g/mol. The molecule has 0 saturated carbocycles. The quantitative estimate of drug-likeness (QED) is 0.453. The fourth-order valence-electron chi connectivity index (χ4n) is 2.87. The lowest BCUT2D eigenvalue weighted by Gasteiger charge is -2.22. The lowest BCUT2D eigenvalue weighted by Crippen LogP contribution is -2.36. The number of hydrogen-bond donors (Lipinski definition) is 4. The fourth-order valence-corrected chi connectivity index (χ4v) is 3.43. The number of hydrogen-bond acceptors (Lipinski definition) is 6. The van der Waals surface area contributed by atoms with E-state index in [0.717, 1.165) is 11.8 Å². The Balaban J connectivity index is 2.06. The van der Waals surface area contributed by atoms with Gasteiger partial charge < -0.3 is 20.4 Å². The van der Waals surface area contributed by atoms with Crippen molar-refractivity contribution in [2.45, 2.75) is 12.0 Å². The molecule has 2 atom stereocenters. The van der Waals surface area contributed by atoms with Gasteiger partial charge in [-0.25, -0.2) is 8.42 Å². The SMILES string of the molecule is CN(C)C(=O)C(CNCC(O)c1ccc(O)c(NS(C)(=O)=O)c1)c1ccccc1. The number of benzene rings is 2. The number of aromatic hydroxyl groups is 1. The Morgan fingerprint density at radius 1 is 1.07 bits per heavy atom. The lowest BCUT2D eigenvalue weighted by molar-refractivity contribution is -0.130. The van der Waals surface area contributed by atoms with Gasteiger partial charge in [-0.15, -0.1) is 0 Å². The number of carbonyl (C=O) groups excluding carboxylic acids is 1. The van der Waals surface area contributed by atoms with Crippen molar-refractivity contribution in [2.24, 2.45) is 0 Å². The molecule has 0 radical (unpaired) electrons. The monoisotopic (exact) mass is 421 g/mol. The summed E-state index contributed by atoms with van der Waals surface area (Å²) >= 11 is 0. The minimum atomic E-state index is -3.57. The minimum Gasteiger partial charge on any atom is -0.506 e. The zero-order valence-corrected chi connectivity index (χ0v) is 17.5. The first-order valence-electron chi connectivity index (χ1n) is 9.04. The van der Waals surface area contributed by atoms with E-state index in [1.807, 2.05) is 30.3 Å². The highest BCUT2D eigenvalue weighted by Gasteiger charge is 2.22. The standard InChI is InChI=1S/C20H27N3O5S/c1-23(2)20(26)16(14-7-5-4-6-8-14)12-21-13-19(25)15-9-10-18(24)17(11-15)22-29(3,27)28/h4-11,16,19,21-22,24-25H,12-13H2,1-3H3. The van der Waals surface area contributed by atoms with Crippen LogP contribution in [0.2, 0.25) is 0 Å². The molecule has 0 bridgehead atoms. The van der Waals surface area contributed by atoms with E-state index in [1.165, 1.54) is 23.1 Å². The van der Waals surface area contributed by atoms with Gasteiger partial charge in [0.15, 0.2) is 0 Å². The molecule has 0 aromatic heterocycles. The lowest BCUT2D eigenvalue weighted by atomic mass is 9.97. The van der Waals surface area contributed by atoms with E-state index in [4.69, 9.17) is 0 Å². The molecular formula is C20H27N3O5S. The molecule has 0 aliphatic heterocycles. The summed E-state index contributed by atoms with van der Waals surface area (Å²) in [5.74, 6) is -0.691. The number of nitrogens with zero attached hydrogens (tertiary/aromatic N) is 1. The molecule has 9 heteroatoms. The van der Waals surface area contributed by atoms with Crippen molar-refractivity contribution >= 4 is 21.6 Å². The van der Waals surface area contributed by atoms with E-state index in [9.17, 15) is 23.4 Å². The molecule has 2 aromatic rings. The molecule has 8 nitrogen and oxygen atoms in total. The number of aliphatic hydroxyl groups is 1. The van der Waals surface area contributed by atoms with Crippen LogP contribution in [0.4, 0.5) is 5.69 Å². The van der Waals surface area contributed by atoms with Crippen molar-refractivity contribution < 1.29 is 23.4 Å². The number of sulfonamides is 1. The number of amides is 1. The largest absolute Gasteiger partial charge is 0.506 e. The molecule has 2 aromatic carbocycles. The number of aliphatic hydroxyl groups excluding tert-OH is 1. The van der Waals surface area contributed by atoms with Crippen LogP contribution in [0.3, 0.4) is 0 Å². The van der Waals surface area contributed by atoms with Crippen LogP contribution >= 0.6 is 0 Å². The number of phenolic OH excluding ortho intramolecular Hbond substituents is 1. The van der Waals surface area contributed by atoms with Crippen LogP contribution in [0.5, 0.6) is 5.75 Å². The number of rotatable bonds is 9. The van der Waals surface area contributed by atoms with Crippen LogP contribution in [0, 0.1) is 0 Å². The summed E-state index contributed by atoms with van der Waals surface area (Å²) in [6.45, 7) is 0.470. The van der Waals surface area contributed by atoms with Gasteiger partial charge >= 0.3 is 0 Å². The summed E-state index contributed by atoms with van der Waals surface area (Å²) in [6, 6.07) is 13.6. The molecule has 0 fully saturated rings. The van der Waals surface area contributed by atoms with Crippen LogP contribution < -0.4 is 10.0 Å². The first-order chi connectivity index (χ1) is 13.6. The molecule has 2 rings (SSSR count). The average molecular weight is 422 g/mol. The van der Waals surface area contributed by atoms with Crippen molar-refractivity contribution in [2.75, 3.05) is 38.2 Å². The fraction of sp³-hybridized carbons (Fsp3) is 0.350. The van der Waals surface area contributed by atoms with Gasteiger partial charge in [0.1, 0.15) is 5.75 Å². The maximum atomic E-state index is 12.5. The molecule has 2 unspecified atom stereocenters. The van der Waals surface area contributed by atoms with E-state index in [-0.39, 0.29) is 23.9 Å². The van der Waals surface area contributed by atoms with Crippen molar-refractivity contribution in [1.29, 1.82) is 0 Å². The van der Waals surface area contributed by atoms with Gasteiger partial charge in [-0.05, 0) is 23.3 Å². The van der Waals surface area contributed by atoms with Gasteiger partial charge in [-0.2, -0.15) is 0 Å². The first kappa shape index (κ1) is 22.7. The van der Waals surface area contributed by atoms with Crippen LogP contribution in [0.15, 0.2) is 48.5 Å². The Bertz CT molecular complexity index is 932. The Kier molecular flexibility index (Phi) is 7.60. The third-order valence-electron chi connectivity index (χ3n) is 4.33. The summed E-state index contributed by atoms with van der Waals surface area (Å²) in [7, 11) is -0.179. The highest BCUT2D eigenvalue weighted by atomic mass is 32.2. The van der Waals surface area contributed by atoms with E-state index < -0.39 is 22.0 Å². The Morgan fingerprint density at radius 3 is 2.31 bits per heavy atom. The van der Waals surface area contributed by atoms with Crippen LogP contribution in [0.1, 0.15) is 23.1 Å². The van der Waals surface area contributed by atoms with Gasteiger partial charge in [-0.1, -0.05) is 36.4 Å². The predicted molar refractivity (Wildman–Crippen MR) is 112 cm³/mol. The second-order valence-electron chi connectivity index (χ2n) is 7.02. The van der Waals surface area contributed by atoms with Gasteiger partial charge in [0, 0.05) is 27.2 Å². The first-order valence-corrected chi connectivity index (χ1v) is 10.9. The molecule has 0 aliphatic rings. The molecule has 0 saturated heterocycles. The number of anilines is 1. The summed E-state index contributed by atoms with van der Waals surface area (Å²) < 4.78 is 25.0. The van der Waals surface area contributed by atoms with Crippen LogP contribution in [0.25, 0.3) is 0 Å². The number of carbonyl (C=O) groups is 1. The second kappa shape index (κ2) is 9.73. The topological polar surface area (TPSA) is 119 Å². The summed E-state index contributed by atoms with van der Waals surface area (Å²) in [5.41, 5.74) is 1.29. The highest BCUT2D eigenvalue weighted by molar-refractivity contribution is 7.92. The molecule has 0 heterocycles. The summed E-state index contributed by atoms with van der Waals surface area (Å²) in [6.07, 6.45) is 0.0179. The van der Waals surface area contributed by atoms with E-state index >= 15 is 0 Å². The number of nitrogens with one attached hydrogen (secondary N) is 2. The molecule has 0 spiro atoms. The van der Waals surface area contributed by atoms with Gasteiger partial charge in [0.25, 0.3) is 0 Å². The average Bonchev–Trinajstić information content (AvgIpc) is 2.66. The number of likely N-dealkylation sites (N-methyl/N-ethyl adjacent to an activating group) is 1. The molecule has 29 heavy (non-hydrogen) atoms. The number of phenols is 1. The molecule has 1 amide bonds. The zero-order chi connectivity index (χ0) is 21.6. The predicted octanol–water partition coefficient (Wildman–Crippen LogP) is 1.26. The smallest absolute Gasteiger partial charge is 0.230 e. The summed E-state index contributed by atoms with van der Waals surface area (Å²) in [5, 5.41) is 23.4. The van der Waals surface area contributed by atoms with E-state index in [0.29, 0.717) is 12.1 Å². The maximum Gasteiger partial charge on any atom is 0.230 e. The Hall–Kier alpha value is -2.62. The summed E-state index contributed by atoms with van der Waals surface area (Å²) in [4.78, 5) is 14.1. The highest BCUT2D eigenvalue weighted by Crippen LogP contribution is 2.27. The zero-order valence-electron chi connectivity index (χ0n) is 16.7. The normalized spacial score (nSPS) is 13.5. The van der Waals surface area contributed by atoms with Crippen LogP contribution in [-0.2, 0) is 14.8 Å². The van der Waals surface area contributed by atoms with Crippen molar-refractivity contribution in [1.82, 2.24) is 10.2 Å². The Morgan fingerprint density at radius 2 is 1.72 bits per heavy atom. The molecule has 4 N–H and O–H groups in total. The maximum absolute atomic E-state index is 12.5.